The molecule has 0 aliphatic rings. The van der Waals surface area contributed by atoms with Crippen LogP contribution in [0.15, 0.2) is 71.6 Å². The summed E-state index contributed by atoms with van der Waals surface area (Å²) in [5, 5.41) is 3.50. The van der Waals surface area contributed by atoms with Gasteiger partial charge in [0.15, 0.2) is 0 Å². The van der Waals surface area contributed by atoms with Crippen molar-refractivity contribution in [1.29, 1.82) is 0 Å². The molecule has 220 valence electrons. The Morgan fingerprint density at radius 3 is 2.27 bits per heavy atom. The number of nitrogens with one attached hydrogen (secondary N) is 1. The number of rotatable bonds is 13. The molecule has 0 aliphatic carbocycles. The van der Waals surface area contributed by atoms with Gasteiger partial charge in [-0.15, -0.1) is 0 Å². The average Bonchev–Trinajstić information content (AvgIpc) is 2.95. The number of ether oxygens (including phenoxy) is 1. The van der Waals surface area contributed by atoms with E-state index in [1.54, 1.807) is 19.1 Å². The Hall–Kier alpha value is -3.34. The van der Waals surface area contributed by atoms with Gasteiger partial charge in [-0.05, 0) is 79.6 Å². The van der Waals surface area contributed by atoms with Crippen molar-refractivity contribution >= 4 is 50.7 Å². The minimum absolute atomic E-state index is 0.0695. The highest BCUT2D eigenvalue weighted by molar-refractivity contribution is 7.92. The van der Waals surface area contributed by atoms with Gasteiger partial charge in [-0.25, -0.2) is 12.8 Å². The zero-order valence-electron chi connectivity index (χ0n) is 22.9. The number of amides is 2. The van der Waals surface area contributed by atoms with Gasteiger partial charge in [0.25, 0.3) is 10.0 Å². The van der Waals surface area contributed by atoms with Gasteiger partial charge >= 0.3 is 0 Å². The molecule has 0 saturated heterocycles. The van der Waals surface area contributed by atoms with E-state index >= 15 is 0 Å². The van der Waals surface area contributed by atoms with Gasteiger partial charge in [-0.1, -0.05) is 42.6 Å². The molecular formula is C29H32Cl2FN3O5S. The molecule has 41 heavy (non-hydrogen) atoms. The maximum absolute atomic E-state index is 13.9. The van der Waals surface area contributed by atoms with Gasteiger partial charge in [-0.3, -0.25) is 13.9 Å². The van der Waals surface area contributed by atoms with E-state index in [2.05, 4.69) is 5.32 Å². The van der Waals surface area contributed by atoms with Crippen molar-refractivity contribution < 1.29 is 27.1 Å². The smallest absolute Gasteiger partial charge is 0.264 e. The summed E-state index contributed by atoms with van der Waals surface area (Å²) in [4.78, 5) is 28.1. The number of unbranched alkanes of at least 4 members (excludes halogenated alkanes) is 1. The monoisotopic (exact) mass is 623 g/mol. The Labute approximate surface area is 250 Å². The van der Waals surface area contributed by atoms with E-state index in [9.17, 15) is 22.4 Å². The lowest BCUT2D eigenvalue weighted by molar-refractivity contribution is -0.139. The van der Waals surface area contributed by atoms with E-state index in [0.717, 1.165) is 29.3 Å². The molecule has 3 aromatic rings. The molecule has 1 N–H and O–H groups in total. The van der Waals surface area contributed by atoms with Crippen LogP contribution >= 0.6 is 23.2 Å². The summed E-state index contributed by atoms with van der Waals surface area (Å²) in [6.45, 7) is 3.22. The Kier molecular flexibility index (Phi) is 11.4. The average molecular weight is 625 g/mol. The van der Waals surface area contributed by atoms with Crippen molar-refractivity contribution in [3.8, 4) is 5.75 Å². The second kappa shape index (κ2) is 14.5. The zero-order chi connectivity index (χ0) is 30.2. The van der Waals surface area contributed by atoms with Gasteiger partial charge in [0.1, 0.15) is 24.2 Å². The first-order valence-electron chi connectivity index (χ1n) is 12.9. The molecule has 0 aromatic heterocycles. The van der Waals surface area contributed by atoms with E-state index < -0.39 is 40.2 Å². The third-order valence-electron chi connectivity index (χ3n) is 6.39. The summed E-state index contributed by atoms with van der Waals surface area (Å²) < 4.78 is 47.4. The van der Waals surface area contributed by atoms with Crippen molar-refractivity contribution in [2.75, 3.05) is 24.5 Å². The number of carbonyl (C=O) groups excluding carboxylic acids is 2. The molecular weight excluding hydrogens is 592 g/mol. The van der Waals surface area contributed by atoms with Crippen molar-refractivity contribution in [1.82, 2.24) is 10.2 Å². The fraction of sp³-hybridized carbons (Fsp3) is 0.310. The summed E-state index contributed by atoms with van der Waals surface area (Å²) in [6, 6.07) is 14.2. The minimum Gasteiger partial charge on any atom is -0.497 e. The van der Waals surface area contributed by atoms with Crippen LogP contribution in [0.25, 0.3) is 0 Å². The van der Waals surface area contributed by atoms with Crippen molar-refractivity contribution in [2.24, 2.45) is 0 Å². The number of anilines is 1. The molecule has 12 heteroatoms. The highest BCUT2D eigenvalue weighted by atomic mass is 35.5. The van der Waals surface area contributed by atoms with E-state index in [4.69, 9.17) is 27.9 Å². The predicted octanol–water partition coefficient (Wildman–Crippen LogP) is 5.67. The van der Waals surface area contributed by atoms with Crippen LogP contribution in [0, 0.1) is 5.82 Å². The summed E-state index contributed by atoms with van der Waals surface area (Å²) in [5.74, 6) is -1.20. The molecule has 0 aliphatic heterocycles. The van der Waals surface area contributed by atoms with Crippen LogP contribution in [0.4, 0.5) is 10.1 Å². The van der Waals surface area contributed by atoms with Gasteiger partial charge in [0, 0.05) is 23.1 Å². The normalized spacial score (nSPS) is 12.0. The van der Waals surface area contributed by atoms with Crippen LogP contribution in [0.3, 0.4) is 0 Å². The van der Waals surface area contributed by atoms with Crippen LogP contribution in [-0.2, 0) is 26.2 Å². The minimum atomic E-state index is -4.31. The number of nitrogens with zero attached hydrogens (tertiary/aromatic N) is 2. The van der Waals surface area contributed by atoms with Gasteiger partial charge in [0.05, 0.1) is 17.7 Å². The lowest BCUT2D eigenvalue weighted by Crippen LogP contribution is -2.51. The Balaban J connectivity index is 2.02. The fourth-order valence-corrected chi connectivity index (χ4v) is 5.85. The van der Waals surface area contributed by atoms with Crippen LogP contribution in [0.2, 0.25) is 10.0 Å². The molecule has 0 fully saturated rings. The maximum atomic E-state index is 13.9. The first-order valence-corrected chi connectivity index (χ1v) is 15.1. The number of methoxy groups -OCH3 is 1. The summed E-state index contributed by atoms with van der Waals surface area (Å²) in [7, 11) is -2.85. The van der Waals surface area contributed by atoms with Crippen LogP contribution in [-0.4, -0.2) is 51.4 Å². The number of hydrogen-bond donors (Lipinski definition) is 1. The third kappa shape index (κ3) is 8.34. The van der Waals surface area contributed by atoms with Crippen molar-refractivity contribution in [3.63, 3.8) is 0 Å². The number of carbonyl (C=O) groups is 2. The molecule has 0 saturated carbocycles. The van der Waals surface area contributed by atoms with E-state index in [1.165, 1.54) is 54.5 Å². The molecule has 3 aromatic carbocycles. The molecule has 0 spiro atoms. The van der Waals surface area contributed by atoms with E-state index in [-0.39, 0.29) is 22.2 Å². The van der Waals surface area contributed by atoms with Gasteiger partial charge < -0.3 is 15.0 Å². The quantitative estimate of drug-likeness (QED) is 0.248. The first-order chi connectivity index (χ1) is 19.5. The highest BCUT2D eigenvalue weighted by Crippen LogP contribution is 2.27. The second-order valence-electron chi connectivity index (χ2n) is 9.24. The Bertz CT molecular complexity index is 1450. The number of benzene rings is 3. The van der Waals surface area contributed by atoms with E-state index in [0.29, 0.717) is 22.9 Å². The third-order valence-corrected chi connectivity index (χ3v) is 8.77. The van der Waals surface area contributed by atoms with Crippen LogP contribution < -0.4 is 14.4 Å². The number of hydrogen-bond acceptors (Lipinski definition) is 5. The zero-order valence-corrected chi connectivity index (χ0v) is 25.3. The molecule has 3 rings (SSSR count). The number of sulfonamides is 1. The SMILES string of the molecule is CCCCNC(=O)[C@H](C)N(Cc1ccc(Cl)cc1Cl)C(=O)CN(c1ccc(F)cc1)S(=O)(=O)c1ccc(OC)cc1. The van der Waals surface area contributed by atoms with Crippen LogP contribution in [0.5, 0.6) is 5.75 Å². The lowest BCUT2D eigenvalue weighted by atomic mass is 10.1. The largest absolute Gasteiger partial charge is 0.497 e. The molecule has 0 heterocycles. The second-order valence-corrected chi connectivity index (χ2v) is 11.9. The predicted molar refractivity (Wildman–Crippen MR) is 158 cm³/mol. The lowest BCUT2D eigenvalue weighted by Gasteiger charge is -2.32. The highest BCUT2D eigenvalue weighted by Gasteiger charge is 2.33. The first kappa shape index (κ1) is 32.2. The van der Waals surface area contributed by atoms with Crippen molar-refractivity contribution in [2.45, 2.75) is 44.2 Å². The maximum Gasteiger partial charge on any atom is 0.264 e. The Morgan fingerprint density at radius 2 is 1.68 bits per heavy atom. The Morgan fingerprint density at radius 1 is 1.02 bits per heavy atom. The van der Waals surface area contributed by atoms with Crippen LogP contribution in [0.1, 0.15) is 32.3 Å². The fourth-order valence-electron chi connectivity index (χ4n) is 3.96. The molecule has 0 unspecified atom stereocenters. The van der Waals surface area contributed by atoms with Gasteiger partial charge in [0.2, 0.25) is 11.8 Å². The van der Waals surface area contributed by atoms with E-state index in [1.807, 2.05) is 6.92 Å². The summed E-state index contributed by atoms with van der Waals surface area (Å²) in [5.41, 5.74) is 0.587. The number of halogens is 3. The summed E-state index contributed by atoms with van der Waals surface area (Å²) in [6.07, 6.45) is 1.63. The molecule has 1 atom stereocenters. The molecule has 8 nitrogen and oxygen atoms in total. The standard InChI is InChI=1S/C29H32Cl2FN3O5S/c1-4-5-16-33-29(37)20(2)34(18-21-6-7-22(30)17-27(21)31)28(36)19-35(24-10-8-23(32)9-11-24)41(38,39)26-14-12-25(40-3)13-15-26/h6-15,17,20H,4-5,16,18-19H2,1-3H3,(H,33,37)/t20-/m0/s1. The molecule has 0 radical (unpaired) electrons. The van der Waals surface area contributed by atoms with Crippen molar-refractivity contribution in [3.05, 3.63) is 88.2 Å². The molecule has 2 amide bonds. The van der Waals surface area contributed by atoms with Gasteiger partial charge in [-0.2, -0.15) is 0 Å². The topological polar surface area (TPSA) is 96.0 Å². The molecule has 0 bridgehead atoms. The summed E-state index contributed by atoms with van der Waals surface area (Å²) >= 11 is 12.4.